The zero-order valence-corrected chi connectivity index (χ0v) is 21.5. The van der Waals surface area contributed by atoms with Crippen molar-refractivity contribution in [2.45, 2.75) is 38.6 Å². The van der Waals surface area contributed by atoms with Gasteiger partial charge in [-0.1, -0.05) is 12.1 Å². The van der Waals surface area contributed by atoms with E-state index < -0.39 is 0 Å². The summed E-state index contributed by atoms with van der Waals surface area (Å²) < 4.78 is 6.38. The van der Waals surface area contributed by atoms with Gasteiger partial charge in [-0.25, -0.2) is 4.98 Å². The molecule has 8 nitrogen and oxygen atoms in total. The van der Waals surface area contributed by atoms with Gasteiger partial charge in [-0.3, -0.25) is 9.88 Å². The van der Waals surface area contributed by atoms with Crippen LogP contribution in [0.1, 0.15) is 36.7 Å². The van der Waals surface area contributed by atoms with E-state index in [1.54, 1.807) is 6.07 Å². The summed E-state index contributed by atoms with van der Waals surface area (Å²) in [6, 6.07) is 14.7. The van der Waals surface area contributed by atoms with Crippen LogP contribution in [-0.4, -0.2) is 80.7 Å². The van der Waals surface area contributed by atoms with Crippen LogP contribution < -0.4 is 20.7 Å². The number of aromatic nitrogens is 2. The average molecular weight is 493 g/mol. The Bertz CT molecular complexity index is 1350. The molecule has 3 atom stereocenters. The molecule has 2 radical (unpaired) electrons. The van der Waals surface area contributed by atoms with Gasteiger partial charge in [0, 0.05) is 69.5 Å². The van der Waals surface area contributed by atoms with E-state index in [0.717, 1.165) is 69.2 Å². The highest BCUT2D eigenvalue weighted by atomic mass is 16.5. The highest BCUT2D eigenvalue weighted by Gasteiger charge is 2.30. The van der Waals surface area contributed by atoms with Crippen molar-refractivity contribution in [2.24, 2.45) is 0 Å². The quantitative estimate of drug-likeness (QED) is 0.552. The first-order valence-electron chi connectivity index (χ1n) is 13.2. The van der Waals surface area contributed by atoms with E-state index in [9.17, 15) is 5.26 Å². The number of hydrogen-bond acceptors (Lipinski definition) is 8. The Labute approximate surface area is 219 Å². The summed E-state index contributed by atoms with van der Waals surface area (Å²) in [6.45, 7) is 11.6. The van der Waals surface area contributed by atoms with Crippen molar-refractivity contribution in [3.05, 3.63) is 53.2 Å². The first-order chi connectivity index (χ1) is 18.0. The van der Waals surface area contributed by atoms with E-state index in [1.807, 2.05) is 18.2 Å². The summed E-state index contributed by atoms with van der Waals surface area (Å²) >= 11 is 0. The molecule has 0 unspecified atom stereocenters. The second-order valence-electron chi connectivity index (χ2n) is 10.4. The van der Waals surface area contributed by atoms with Crippen molar-refractivity contribution in [3.8, 4) is 6.07 Å². The van der Waals surface area contributed by atoms with Gasteiger partial charge in [0.1, 0.15) is 19.7 Å². The summed E-state index contributed by atoms with van der Waals surface area (Å²) in [5, 5.41) is 14.0. The number of hydrogen-bond donors (Lipinski definition) is 1. The molecule has 3 aliphatic heterocycles. The van der Waals surface area contributed by atoms with Crippen LogP contribution in [0.5, 0.6) is 0 Å². The molecule has 0 aliphatic carbocycles. The van der Waals surface area contributed by atoms with Gasteiger partial charge in [-0.15, -0.1) is 0 Å². The second-order valence-corrected chi connectivity index (χ2v) is 10.4. The monoisotopic (exact) mass is 493 g/mol. The smallest absolute Gasteiger partial charge is 0.141 e. The minimum absolute atomic E-state index is 0.105. The Balaban J connectivity index is 1.12. The van der Waals surface area contributed by atoms with E-state index in [1.165, 1.54) is 11.3 Å². The van der Waals surface area contributed by atoms with Crippen molar-refractivity contribution in [3.63, 3.8) is 0 Å². The molecule has 6 rings (SSSR count). The summed E-state index contributed by atoms with van der Waals surface area (Å²) in [5.74, 6) is 1.09. The molecular formula is C28H32BN7O. The minimum Gasteiger partial charge on any atom is -0.370 e. The number of piperazine rings is 1. The molecule has 3 aromatic rings. The summed E-state index contributed by atoms with van der Waals surface area (Å²) in [6.07, 6.45) is 0.215. The maximum Gasteiger partial charge on any atom is 0.141 e. The molecule has 0 spiro atoms. The van der Waals surface area contributed by atoms with Crippen LogP contribution in [-0.2, 0) is 11.3 Å². The zero-order valence-electron chi connectivity index (χ0n) is 21.5. The lowest BCUT2D eigenvalue weighted by atomic mass is 10.00. The Hall–Kier alpha value is -3.19. The number of fused-ring (bicyclic) bond motifs is 2. The van der Waals surface area contributed by atoms with E-state index in [4.69, 9.17) is 17.6 Å². The number of nitrogens with one attached hydrogen (secondary N) is 1. The molecule has 0 saturated carbocycles. The van der Waals surface area contributed by atoms with Crippen LogP contribution in [0.25, 0.3) is 10.9 Å². The largest absolute Gasteiger partial charge is 0.370 e. The predicted octanol–water partition coefficient (Wildman–Crippen LogP) is 1.88. The maximum atomic E-state index is 9.56. The number of pyridine rings is 2. The van der Waals surface area contributed by atoms with Gasteiger partial charge in [0.05, 0.1) is 29.0 Å². The Morgan fingerprint density at radius 2 is 1.86 bits per heavy atom. The van der Waals surface area contributed by atoms with Crippen LogP contribution >= 0.6 is 0 Å². The van der Waals surface area contributed by atoms with E-state index >= 15 is 0 Å². The molecule has 37 heavy (non-hydrogen) atoms. The first kappa shape index (κ1) is 24.2. The number of rotatable bonds is 4. The number of nitriles is 1. The highest BCUT2D eigenvalue weighted by Crippen LogP contribution is 2.30. The lowest BCUT2D eigenvalue weighted by Gasteiger charge is -2.42. The third-order valence-corrected chi connectivity index (χ3v) is 7.84. The van der Waals surface area contributed by atoms with Gasteiger partial charge in [0.15, 0.2) is 0 Å². The van der Waals surface area contributed by atoms with E-state index in [0.29, 0.717) is 22.7 Å². The standard InChI is InChI=1S/C28H32BN7O/c1-18-15-36(25-6-3-20(13-30)28-23(25)4-7-26(29)33-28)17-21(37-18)16-34-9-11-35(12-10-34)27-8-5-22-19(2)31-14-24(22)32-27/h3-8,18-19,21,31H,9-12,14-17H2,1-2H3/t18-,19-,21+/m1/s1. The fraction of sp³-hybridized carbons (Fsp3) is 0.464. The van der Waals surface area contributed by atoms with E-state index in [-0.39, 0.29) is 12.2 Å². The van der Waals surface area contributed by atoms with Crippen molar-refractivity contribution < 1.29 is 4.74 Å². The number of ether oxygens (including phenoxy) is 1. The van der Waals surface area contributed by atoms with Gasteiger partial charge in [0.2, 0.25) is 0 Å². The fourth-order valence-corrected chi connectivity index (χ4v) is 5.95. The topological polar surface area (TPSA) is 80.5 Å². The van der Waals surface area contributed by atoms with Crippen LogP contribution in [0.4, 0.5) is 11.5 Å². The zero-order chi connectivity index (χ0) is 25.5. The third kappa shape index (κ3) is 4.77. The van der Waals surface area contributed by atoms with E-state index in [2.05, 4.69) is 57.0 Å². The predicted molar refractivity (Wildman–Crippen MR) is 147 cm³/mol. The van der Waals surface area contributed by atoms with Gasteiger partial charge < -0.3 is 19.9 Å². The van der Waals surface area contributed by atoms with Crippen LogP contribution in [0.2, 0.25) is 0 Å². The lowest BCUT2D eigenvalue weighted by molar-refractivity contribution is -0.0327. The number of nitrogens with zero attached hydrogens (tertiary/aromatic N) is 6. The number of morpholine rings is 1. The van der Waals surface area contributed by atoms with Crippen molar-refractivity contribution in [1.82, 2.24) is 20.2 Å². The molecule has 3 aliphatic rings. The molecule has 188 valence electrons. The molecule has 0 bridgehead atoms. The van der Waals surface area contributed by atoms with Crippen LogP contribution in [0, 0.1) is 11.3 Å². The summed E-state index contributed by atoms with van der Waals surface area (Å²) in [5.41, 5.74) is 5.23. The molecule has 2 aromatic heterocycles. The normalized spacial score (nSPS) is 24.3. The molecule has 5 heterocycles. The third-order valence-electron chi connectivity index (χ3n) is 7.84. The Kier molecular flexibility index (Phi) is 6.49. The molecule has 2 fully saturated rings. The highest BCUT2D eigenvalue weighted by molar-refractivity contribution is 6.31. The van der Waals surface area contributed by atoms with Gasteiger partial charge in [-0.2, -0.15) is 5.26 Å². The van der Waals surface area contributed by atoms with Crippen molar-refractivity contribution >= 4 is 35.8 Å². The average Bonchev–Trinajstić information content (AvgIpc) is 3.28. The minimum atomic E-state index is 0.105. The summed E-state index contributed by atoms with van der Waals surface area (Å²) in [7, 11) is 5.93. The number of anilines is 2. The lowest BCUT2D eigenvalue weighted by Crippen LogP contribution is -2.54. The first-order valence-corrected chi connectivity index (χ1v) is 13.2. The second kappa shape index (κ2) is 9.94. The summed E-state index contributed by atoms with van der Waals surface area (Å²) in [4.78, 5) is 16.7. The van der Waals surface area contributed by atoms with Crippen molar-refractivity contribution in [2.75, 3.05) is 55.6 Å². The molecule has 1 aromatic carbocycles. The maximum absolute atomic E-state index is 9.56. The van der Waals surface area contributed by atoms with Gasteiger partial charge in [-0.05, 0) is 49.3 Å². The molecule has 1 N–H and O–H groups in total. The Morgan fingerprint density at radius 3 is 2.68 bits per heavy atom. The van der Waals surface area contributed by atoms with Crippen molar-refractivity contribution in [1.29, 1.82) is 5.26 Å². The fourth-order valence-electron chi connectivity index (χ4n) is 5.95. The van der Waals surface area contributed by atoms with Gasteiger partial charge >= 0.3 is 0 Å². The number of benzene rings is 1. The van der Waals surface area contributed by atoms with Crippen LogP contribution in [0.3, 0.4) is 0 Å². The molecule has 0 amide bonds. The van der Waals surface area contributed by atoms with Gasteiger partial charge in [0.25, 0.3) is 0 Å². The SMILES string of the molecule is [B]c1ccc2c(N3C[C@H](CN4CCN(c5ccc6c(n5)CN[C@@H]6C)CC4)O[C@H](C)C3)ccc(C#N)c2n1. The van der Waals surface area contributed by atoms with Crippen LogP contribution in [0.15, 0.2) is 36.4 Å². The molecule has 2 saturated heterocycles. The Morgan fingerprint density at radius 1 is 1.03 bits per heavy atom. The molecule has 9 heteroatoms. The molecular weight excluding hydrogens is 461 g/mol.